The number of aromatic nitrogens is 4. The van der Waals surface area contributed by atoms with E-state index in [-0.39, 0.29) is 29.5 Å². The molecule has 2 aromatic carbocycles. The molecule has 0 saturated heterocycles. The Labute approximate surface area is 231 Å². The number of benzene rings is 2. The molecule has 4 aromatic rings. The van der Waals surface area contributed by atoms with Crippen molar-refractivity contribution in [1.82, 2.24) is 25.1 Å². The van der Waals surface area contributed by atoms with Gasteiger partial charge in [-0.05, 0) is 47.6 Å². The molecule has 11 heteroatoms. The number of ether oxygens (including phenoxy) is 2. The number of nitrogens with one attached hydrogen (secondary N) is 1. The predicted octanol–water partition coefficient (Wildman–Crippen LogP) is 5.65. The molecular weight excluding hydrogens is 518 g/mol. The Balaban J connectivity index is 1.62. The lowest BCUT2D eigenvalue weighted by molar-refractivity contribution is 0.0472. The molecule has 4 rings (SSSR count). The number of halogens is 2. The Bertz CT molecular complexity index is 1520. The lowest BCUT2D eigenvalue weighted by Gasteiger charge is -2.29. The Kier molecular flexibility index (Phi) is 7.95. The van der Waals surface area contributed by atoms with Gasteiger partial charge in [0.15, 0.2) is 5.82 Å². The fraction of sp³-hybridized carbons (Fsp3) is 0.379. The van der Waals surface area contributed by atoms with Crippen LogP contribution in [0.25, 0.3) is 22.4 Å². The number of alkyl carbamates (subject to hydrolysis) is 1. The van der Waals surface area contributed by atoms with Gasteiger partial charge in [0.05, 0.1) is 18.7 Å². The summed E-state index contributed by atoms with van der Waals surface area (Å²) < 4.78 is 41.7. The van der Waals surface area contributed by atoms with Gasteiger partial charge in [-0.25, -0.2) is 23.5 Å². The monoisotopic (exact) mass is 552 g/mol. The second kappa shape index (κ2) is 11.1. The third-order valence-electron chi connectivity index (χ3n) is 5.97. The molecule has 0 aliphatic carbocycles. The van der Waals surface area contributed by atoms with Gasteiger partial charge >= 0.3 is 6.09 Å². The summed E-state index contributed by atoms with van der Waals surface area (Å²) in [5, 5.41) is 8.16. The lowest BCUT2D eigenvalue weighted by atomic mass is 9.96. The van der Waals surface area contributed by atoms with E-state index < -0.39 is 28.9 Å². The van der Waals surface area contributed by atoms with Crippen molar-refractivity contribution in [2.45, 2.75) is 65.6 Å². The molecule has 0 fully saturated rings. The molecule has 0 saturated carbocycles. The van der Waals surface area contributed by atoms with Gasteiger partial charge in [0, 0.05) is 46.8 Å². The van der Waals surface area contributed by atoms with E-state index in [1.807, 2.05) is 32.0 Å². The minimum absolute atomic E-state index is 0.126. The standard InChI is InChI=1S/C29H34F2N6O3/c1-7-39-18-12-21(30)20(22(31)13-18)16-37-23-11-9-8-10-19(23)24(36-37)26-33-15-17(25(32)34-26)14-29(5,6)35-27(38)40-28(2,3)4/h8-13,15H,7,14,16H2,1-6H3,(H,35,38)(H2,32,33,34). The zero-order valence-electron chi connectivity index (χ0n) is 23.5. The molecule has 9 nitrogen and oxygen atoms in total. The van der Waals surface area contributed by atoms with E-state index in [4.69, 9.17) is 15.2 Å². The normalized spacial score (nSPS) is 12.0. The number of fused-ring (bicyclic) bond motifs is 1. The van der Waals surface area contributed by atoms with Gasteiger partial charge in [-0.3, -0.25) is 4.68 Å². The van der Waals surface area contributed by atoms with Gasteiger partial charge in [0.1, 0.15) is 34.5 Å². The summed E-state index contributed by atoms with van der Waals surface area (Å²) in [4.78, 5) is 21.3. The molecule has 3 N–H and O–H groups in total. The van der Waals surface area contributed by atoms with E-state index in [0.717, 1.165) is 12.1 Å². The molecule has 0 bridgehead atoms. The number of amides is 1. The van der Waals surface area contributed by atoms with E-state index in [0.29, 0.717) is 35.2 Å². The molecule has 0 spiro atoms. The van der Waals surface area contributed by atoms with Crippen LogP contribution in [0.4, 0.5) is 19.4 Å². The fourth-order valence-electron chi connectivity index (χ4n) is 4.31. The number of para-hydroxylation sites is 1. The molecule has 212 valence electrons. The summed E-state index contributed by atoms with van der Waals surface area (Å²) in [6.07, 6.45) is 1.41. The van der Waals surface area contributed by atoms with Crippen molar-refractivity contribution in [3.05, 3.63) is 65.4 Å². The van der Waals surface area contributed by atoms with Crippen LogP contribution < -0.4 is 15.8 Å². The smallest absolute Gasteiger partial charge is 0.408 e. The highest BCUT2D eigenvalue weighted by Crippen LogP contribution is 2.29. The number of hydrogen-bond donors (Lipinski definition) is 2. The quantitative estimate of drug-likeness (QED) is 0.290. The first-order valence-corrected chi connectivity index (χ1v) is 13.0. The predicted molar refractivity (Wildman–Crippen MR) is 149 cm³/mol. The van der Waals surface area contributed by atoms with Crippen molar-refractivity contribution in [2.24, 2.45) is 0 Å². The summed E-state index contributed by atoms with van der Waals surface area (Å²) in [5.41, 5.74) is 6.56. The summed E-state index contributed by atoms with van der Waals surface area (Å²) in [7, 11) is 0. The van der Waals surface area contributed by atoms with Gasteiger partial charge in [-0.15, -0.1) is 0 Å². The molecule has 2 heterocycles. The Morgan fingerprint density at radius 2 is 1.77 bits per heavy atom. The third-order valence-corrected chi connectivity index (χ3v) is 5.97. The number of nitrogen functional groups attached to an aromatic ring is 1. The molecule has 0 aliphatic rings. The van der Waals surface area contributed by atoms with Crippen LogP contribution in [0.3, 0.4) is 0 Å². The molecule has 0 atom stereocenters. The van der Waals surface area contributed by atoms with Gasteiger partial charge in [0.2, 0.25) is 0 Å². The van der Waals surface area contributed by atoms with Crippen LogP contribution in [0.15, 0.2) is 42.6 Å². The highest BCUT2D eigenvalue weighted by molar-refractivity contribution is 5.91. The topological polar surface area (TPSA) is 117 Å². The van der Waals surface area contributed by atoms with Crippen LogP contribution in [0.5, 0.6) is 5.75 Å². The van der Waals surface area contributed by atoms with Crippen molar-refractivity contribution in [3.8, 4) is 17.3 Å². The zero-order chi connectivity index (χ0) is 29.2. The fourth-order valence-corrected chi connectivity index (χ4v) is 4.31. The molecule has 0 unspecified atom stereocenters. The van der Waals surface area contributed by atoms with E-state index >= 15 is 0 Å². The lowest BCUT2D eigenvalue weighted by Crippen LogP contribution is -2.47. The van der Waals surface area contributed by atoms with E-state index in [2.05, 4.69) is 20.4 Å². The average molecular weight is 553 g/mol. The number of anilines is 1. The van der Waals surface area contributed by atoms with Gasteiger partial charge in [-0.2, -0.15) is 5.10 Å². The number of hydrogen-bond acceptors (Lipinski definition) is 7. The maximum Gasteiger partial charge on any atom is 0.408 e. The SMILES string of the molecule is CCOc1cc(F)c(Cn2nc(-c3ncc(CC(C)(C)NC(=O)OC(C)(C)C)c(N)n3)c3ccccc32)c(F)c1. The van der Waals surface area contributed by atoms with E-state index in [9.17, 15) is 13.6 Å². The Morgan fingerprint density at radius 3 is 2.40 bits per heavy atom. The number of rotatable bonds is 8. The van der Waals surface area contributed by atoms with Crippen molar-refractivity contribution in [2.75, 3.05) is 12.3 Å². The number of nitrogens with two attached hydrogens (primary N) is 1. The summed E-state index contributed by atoms with van der Waals surface area (Å²) >= 11 is 0. The van der Waals surface area contributed by atoms with E-state index in [1.54, 1.807) is 40.0 Å². The van der Waals surface area contributed by atoms with Gasteiger partial charge < -0.3 is 20.5 Å². The maximum absolute atomic E-state index is 14.8. The maximum atomic E-state index is 14.8. The first-order chi connectivity index (χ1) is 18.8. The number of carbonyl (C=O) groups excluding carboxylic acids is 1. The minimum atomic E-state index is -0.725. The molecular formula is C29H34F2N6O3. The van der Waals surface area contributed by atoms with Crippen molar-refractivity contribution in [3.63, 3.8) is 0 Å². The van der Waals surface area contributed by atoms with Crippen LogP contribution >= 0.6 is 0 Å². The largest absolute Gasteiger partial charge is 0.494 e. The second-order valence-electron chi connectivity index (χ2n) is 11.1. The van der Waals surface area contributed by atoms with Crippen LogP contribution in [0.2, 0.25) is 0 Å². The molecule has 0 radical (unpaired) electrons. The molecule has 0 aliphatic heterocycles. The third kappa shape index (κ3) is 6.64. The summed E-state index contributed by atoms with van der Waals surface area (Å²) in [6, 6.07) is 9.61. The number of carbonyl (C=O) groups is 1. The van der Waals surface area contributed by atoms with Gasteiger partial charge in [-0.1, -0.05) is 18.2 Å². The first-order valence-electron chi connectivity index (χ1n) is 13.0. The van der Waals surface area contributed by atoms with Gasteiger partial charge in [0.25, 0.3) is 0 Å². The Hall–Kier alpha value is -4.28. The van der Waals surface area contributed by atoms with Crippen molar-refractivity contribution >= 4 is 22.8 Å². The highest BCUT2D eigenvalue weighted by Gasteiger charge is 2.27. The van der Waals surface area contributed by atoms with E-state index in [1.165, 1.54) is 4.68 Å². The van der Waals surface area contributed by atoms with Crippen molar-refractivity contribution in [1.29, 1.82) is 0 Å². The average Bonchev–Trinajstić information content (AvgIpc) is 3.20. The van der Waals surface area contributed by atoms with Crippen LogP contribution in [-0.2, 0) is 17.7 Å². The summed E-state index contributed by atoms with van der Waals surface area (Å²) in [5.74, 6) is -0.831. The molecule has 1 amide bonds. The summed E-state index contributed by atoms with van der Waals surface area (Å²) in [6.45, 7) is 11.0. The Morgan fingerprint density at radius 1 is 1.10 bits per heavy atom. The number of nitrogens with zero attached hydrogens (tertiary/aromatic N) is 4. The highest BCUT2D eigenvalue weighted by atomic mass is 19.1. The van der Waals surface area contributed by atoms with Crippen molar-refractivity contribution < 1.29 is 23.0 Å². The second-order valence-corrected chi connectivity index (χ2v) is 11.1. The minimum Gasteiger partial charge on any atom is -0.494 e. The van der Waals surface area contributed by atoms with Crippen LogP contribution in [0.1, 0.15) is 52.7 Å². The molecule has 2 aromatic heterocycles. The van der Waals surface area contributed by atoms with Crippen LogP contribution in [0, 0.1) is 11.6 Å². The first kappa shape index (κ1) is 28.7. The molecule has 40 heavy (non-hydrogen) atoms. The van der Waals surface area contributed by atoms with Crippen LogP contribution in [-0.4, -0.2) is 43.6 Å². The zero-order valence-corrected chi connectivity index (χ0v) is 23.5.